The number of rotatable bonds is 6. The number of anilines is 1. The fraction of sp³-hybridized carbons (Fsp3) is 0.522. The van der Waals surface area contributed by atoms with E-state index in [4.69, 9.17) is 10.2 Å². The minimum Gasteiger partial charge on any atom is -0.480 e. The number of β-amino-alcohol motifs (C(OH)–C–C–N with tert-alkyl or cyclic N) is 1. The molecule has 0 radical (unpaired) electrons. The van der Waals surface area contributed by atoms with Crippen LogP contribution in [0.3, 0.4) is 0 Å². The number of hydrogen-bond acceptors (Lipinski definition) is 8. The molecule has 11 nitrogen and oxygen atoms in total. The van der Waals surface area contributed by atoms with Crippen molar-refractivity contribution >= 4 is 35.3 Å². The number of carboxylic acid groups (broad SMARTS) is 1. The van der Waals surface area contributed by atoms with Crippen molar-refractivity contribution in [2.24, 2.45) is 0 Å². The van der Waals surface area contributed by atoms with E-state index in [2.05, 4.69) is 5.32 Å². The number of carbonyl (C=O) groups excluding carboxylic acids is 4. The van der Waals surface area contributed by atoms with Gasteiger partial charge in [0.2, 0.25) is 5.91 Å². The lowest BCUT2D eigenvalue weighted by Crippen LogP contribution is -2.56. The summed E-state index contributed by atoms with van der Waals surface area (Å²) in [7, 11) is 1.64. The molecule has 1 unspecified atom stereocenters. The van der Waals surface area contributed by atoms with Crippen LogP contribution in [0, 0.1) is 0 Å². The van der Waals surface area contributed by atoms with Gasteiger partial charge in [-0.15, -0.1) is 0 Å². The third-order valence-electron chi connectivity index (χ3n) is 6.14. The van der Waals surface area contributed by atoms with E-state index >= 15 is 0 Å². The van der Waals surface area contributed by atoms with Crippen LogP contribution in [-0.4, -0.2) is 100 Å². The van der Waals surface area contributed by atoms with E-state index in [1.54, 1.807) is 25.2 Å². The first-order chi connectivity index (χ1) is 16.3. The first-order valence-electron chi connectivity index (χ1n) is 11.4. The number of nitrogens with zero attached hydrogens (tertiary/aromatic N) is 3. The highest BCUT2D eigenvalue weighted by Gasteiger charge is 2.47. The van der Waals surface area contributed by atoms with Gasteiger partial charge in [-0.2, -0.15) is 0 Å². The van der Waals surface area contributed by atoms with Gasteiger partial charge in [0.15, 0.2) is 0 Å². The van der Waals surface area contributed by atoms with E-state index in [0.29, 0.717) is 5.69 Å². The normalized spacial score (nSPS) is 20.7. The molecule has 2 saturated heterocycles. The minimum atomic E-state index is -1.02. The summed E-state index contributed by atoms with van der Waals surface area (Å²) in [5.74, 6) is -2.82. The van der Waals surface area contributed by atoms with Crippen LogP contribution < -0.4 is 5.32 Å². The summed E-state index contributed by atoms with van der Waals surface area (Å²) >= 11 is 0. The Kier molecular flexibility index (Phi) is 8.35. The number of amides is 4. The number of aliphatic hydroxyl groups excluding tert-OH is 1. The van der Waals surface area contributed by atoms with Crippen LogP contribution in [-0.2, 0) is 14.4 Å². The lowest BCUT2D eigenvalue weighted by molar-refractivity contribution is -0.152. The fourth-order valence-corrected chi connectivity index (χ4v) is 4.50. The van der Waals surface area contributed by atoms with Crippen LogP contribution in [0.4, 0.5) is 5.69 Å². The Morgan fingerprint density at radius 2 is 1.79 bits per heavy atom. The number of aliphatic hydroxyl groups is 1. The zero-order valence-corrected chi connectivity index (χ0v) is 19.2. The molecule has 3 N–H and O–H groups in total. The Bertz CT molecular complexity index is 974. The van der Waals surface area contributed by atoms with Crippen molar-refractivity contribution in [3.8, 4) is 0 Å². The van der Waals surface area contributed by atoms with E-state index < -0.39 is 35.6 Å². The van der Waals surface area contributed by atoms with Crippen LogP contribution >= 0.6 is 0 Å². The molecule has 0 spiro atoms. The minimum absolute atomic E-state index is 0.0443. The molecule has 4 rings (SSSR count). The monoisotopic (exact) mass is 474 g/mol. The first kappa shape index (κ1) is 25.3. The van der Waals surface area contributed by atoms with Crippen molar-refractivity contribution in [1.29, 1.82) is 0 Å². The van der Waals surface area contributed by atoms with E-state index in [1.807, 2.05) is 4.90 Å². The summed E-state index contributed by atoms with van der Waals surface area (Å²) in [4.78, 5) is 63.8. The quantitative estimate of drug-likeness (QED) is 0.498. The van der Waals surface area contributed by atoms with Crippen molar-refractivity contribution in [1.82, 2.24) is 14.7 Å². The average molecular weight is 475 g/mol. The van der Waals surface area contributed by atoms with Crippen LogP contribution in [0.15, 0.2) is 18.2 Å². The molecule has 4 amide bonds. The number of aliphatic carboxylic acids is 1. The first-order valence-corrected chi connectivity index (χ1v) is 11.4. The molecule has 0 aromatic heterocycles. The summed E-state index contributed by atoms with van der Waals surface area (Å²) in [5, 5.41) is 20.3. The molecule has 0 saturated carbocycles. The second kappa shape index (κ2) is 11.2. The van der Waals surface area contributed by atoms with Gasteiger partial charge in [0.1, 0.15) is 6.04 Å². The van der Waals surface area contributed by atoms with Crippen LogP contribution in [0.1, 0.15) is 52.8 Å². The molecule has 184 valence electrons. The van der Waals surface area contributed by atoms with E-state index in [9.17, 15) is 24.0 Å². The van der Waals surface area contributed by atoms with Crippen molar-refractivity contribution < 1.29 is 34.2 Å². The van der Waals surface area contributed by atoms with Gasteiger partial charge in [-0.05, 0) is 44.5 Å². The zero-order valence-electron chi connectivity index (χ0n) is 19.2. The second-order valence-electron chi connectivity index (χ2n) is 8.35. The Morgan fingerprint density at radius 1 is 1.09 bits per heavy atom. The maximum atomic E-state index is 12.7. The summed E-state index contributed by atoms with van der Waals surface area (Å²) in [6.45, 7) is 1.65. The number of fused-ring (bicyclic) bond motifs is 1. The number of carboxylic acids is 1. The lowest BCUT2D eigenvalue weighted by atomic mass is 10.0. The number of nitrogens with one attached hydrogen (secondary N) is 1. The van der Waals surface area contributed by atoms with Gasteiger partial charge in [0, 0.05) is 19.2 Å². The number of likely N-dealkylation sites (tertiary alicyclic amines) is 2. The largest absolute Gasteiger partial charge is 0.480 e. The van der Waals surface area contributed by atoms with Crippen molar-refractivity contribution in [3.63, 3.8) is 0 Å². The van der Waals surface area contributed by atoms with Gasteiger partial charge in [-0.1, -0.05) is 12.5 Å². The topological polar surface area (TPSA) is 148 Å². The predicted molar refractivity (Wildman–Crippen MR) is 121 cm³/mol. The molecule has 1 atom stereocenters. The number of imide groups is 2. The highest BCUT2D eigenvalue weighted by atomic mass is 16.4. The third kappa shape index (κ3) is 5.26. The maximum absolute atomic E-state index is 12.7. The molecule has 0 bridgehead atoms. The van der Waals surface area contributed by atoms with Gasteiger partial charge >= 0.3 is 5.97 Å². The Balaban J connectivity index is 0.000000271. The van der Waals surface area contributed by atoms with E-state index in [1.165, 1.54) is 6.42 Å². The molecule has 3 aliphatic heterocycles. The molecule has 1 aromatic rings. The van der Waals surface area contributed by atoms with E-state index in [-0.39, 0.29) is 43.7 Å². The highest BCUT2D eigenvalue weighted by molar-refractivity contribution is 6.25. The molecule has 1 aromatic carbocycles. The van der Waals surface area contributed by atoms with Gasteiger partial charge in [-0.25, -0.2) is 0 Å². The van der Waals surface area contributed by atoms with Crippen molar-refractivity contribution in [2.75, 3.05) is 45.2 Å². The summed E-state index contributed by atoms with van der Waals surface area (Å²) in [5.41, 5.74) is 0.994. The summed E-state index contributed by atoms with van der Waals surface area (Å²) in [6.07, 6.45) is 3.72. The van der Waals surface area contributed by atoms with Crippen molar-refractivity contribution in [3.05, 3.63) is 29.3 Å². The Hall–Kier alpha value is -3.31. The molecule has 3 aliphatic rings. The number of piperidine rings is 2. The molecule has 11 heteroatoms. The average Bonchev–Trinajstić information content (AvgIpc) is 3.08. The van der Waals surface area contributed by atoms with E-state index in [0.717, 1.165) is 35.7 Å². The second-order valence-corrected chi connectivity index (χ2v) is 8.35. The number of carbonyl (C=O) groups is 5. The molecule has 2 fully saturated rings. The third-order valence-corrected chi connectivity index (χ3v) is 6.14. The predicted octanol–water partition coefficient (Wildman–Crippen LogP) is 0.391. The van der Waals surface area contributed by atoms with Crippen molar-refractivity contribution in [2.45, 2.75) is 38.1 Å². The fourth-order valence-electron chi connectivity index (χ4n) is 4.50. The van der Waals surface area contributed by atoms with Crippen LogP contribution in [0.5, 0.6) is 0 Å². The summed E-state index contributed by atoms with van der Waals surface area (Å²) < 4.78 is 0. The number of benzene rings is 1. The lowest BCUT2D eigenvalue weighted by Gasteiger charge is -2.34. The smallest absolute Gasteiger partial charge is 0.317 e. The molecular weight excluding hydrogens is 444 g/mol. The molecular formula is C23H30N4O7. The molecule has 0 aliphatic carbocycles. The van der Waals surface area contributed by atoms with Crippen LogP contribution in [0.25, 0.3) is 0 Å². The molecule has 34 heavy (non-hydrogen) atoms. The molecule has 3 heterocycles. The summed E-state index contributed by atoms with van der Waals surface area (Å²) in [6, 6.07) is 3.85. The van der Waals surface area contributed by atoms with Gasteiger partial charge < -0.3 is 15.5 Å². The Labute approximate surface area is 197 Å². The maximum Gasteiger partial charge on any atom is 0.317 e. The highest BCUT2D eigenvalue weighted by Crippen LogP contribution is 2.33. The van der Waals surface area contributed by atoms with Gasteiger partial charge in [0.05, 0.1) is 30.8 Å². The zero-order chi connectivity index (χ0) is 24.8. The van der Waals surface area contributed by atoms with Gasteiger partial charge in [0.25, 0.3) is 17.7 Å². The number of hydrogen-bond donors (Lipinski definition) is 3. The SMILES string of the molecule is CNc1cccc2c1C(=O)N(C1CCC(=O)N(CCO)C1=O)C2=O.O=C(O)CN1CCCCC1. The van der Waals surface area contributed by atoms with Crippen LogP contribution in [0.2, 0.25) is 0 Å². The standard InChI is InChI=1S/C16H17N3O5.C7H13NO2/c1-17-10-4-2-3-9-13(10)16(24)19(14(9)22)11-5-6-12(21)18(7-8-20)15(11)23;9-7(10)6-8-4-2-1-3-5-8/h2-4,11,17,20H,5-8H2,1H3;1-6H2,(H,9,10). The Morgan fingerprint density at radius 3 is 2.41 bits per heavy atom. The van der Waals surface area contributed by atoms with Gasteiger partial charge in [-0.3, -0.25) is 38.7 Å².